The summed E-state index contributed by atoms with van der Waals surface area (Å²) < 4.78 is 7.93. The Balaban J connectivity index is 1.47. The van der Waals surface area contributed by atoms with Gasteiger partial charge in [0.2, 0.25) is 0 Å². The molecule has 9 heteroatoms. The molecule has 0 aliphatic carbocycles. The number of benzene rings is 2. The van der Waals surface area contributed by atoms with Crippen LogP contribution in [0.3, 0.4) is 0 Å². The van der Waals surface area contributed by atoms with E-state index in [-0.39, 0.29) is 0 Å². The van der Waals surface area contributed by atoms with Crippen molar-refractivity contribution >= 4 is 40.1 Å². The Bertz CT molecular complexity index is 1250. The summed E-state index contributed by atoms with van der Waals surface area (Å²) in [6, 6.07) is 9.53. The second-order valence-corrected chi connectivity index (χ2v) is 10.9. The molecule has 2 aromatic carbocycles. The van der Waals surface area contributed by atoms with E-state index in [1.807, 2.05) is 48.7 Å². The summed E-state index contributed by atoms with van der Waals surface area (Å²) >= 11 is 12.6. The molecule has 2 heterocycles. The van der Waals surface area contributed by atoms with Crippen molar-refractivity contribution in [3.63, 3.8) is 0 Å². The Kier molecular flexibility index (Phi) is 9.96. The molecule has 1 fully saturated rings. The second-order valence-electron chi connectivity index (χ2n) is 10.1. The number of fused-ring (bicyclic) bond motifs is 1. The van der Waals surface area contributed by atoms with Gasteiger partial charge in [-0.05, 0) is 87.2 Å². The van der Waals surface area contributed by atoms with Crippen LogP contribution >= 0.6 is 23.2 Å². The van der Waals surface area contributed by atoms with Crippen molar-refractivity contribution in [2.24, 2.45) is 5.73 Å². The van der Waals surface area contributed by atoms with Crippen LogP contribution in [-0.4, -0.2) is 77.9 Å². The van der Waals surface area contributed by atoms with Crippen molar-refractivity contribution in [2.75, 3.05) is 52.4 Å². The monoisotopic (exact) mass is 560 g/mol. The van der Waals surface area contributed by atoms with Gasteiger partial charge >= 0.3 is 5.97 Å². The molecule has 0 spiro atoms. The van der Waals surface area contributed by atoms with Gasteiger partial charge in [0.25, 0.3) is 0 Å². The lowest BCUT2D eigenvalue weighted by atomic mass is 10.1. The maximum atomic E-state index is 12.5. The third-order valence-corrected chi connectivity index (χ3v) is 8.20. The average Bonchev–Trinajstić information content (AvgIpc) is 3.20. The standard InChI is InChI=1S/C29H38Cl2N4O3/c1-20-17-23(18-21(2)27(20)31)38-16-3-5-25-24-7-6-22(30)19-26(24)35(28(25)29(36)37)15-14-34-12-10-33(11-13-34)9-4-8-32/h6-7,17-19H,3-5,8-16,32H2,1-2H3,(H,36,37). The fraction of sp³-hybridized carbons (Fsp3) is 0.483. The van der Waals surface area contributed by atoms with E-state index >= 15 is 0 Å². The minimum Gasteiger partial charge on any atom is -0.494 e. The molecule has 0 bridgehead atoms. The zero-order valence-corrected chi connectivity index (χ0v) is 23.8. The molecule has 38 heavy (non-hydrogen) atoms. The topological polar surface area (TPSA) is 84.0 Å². The van der Waals surface area contributed by atoms with Gasteiger partial charge in [-0.25, -0.2) is 4.79 Å². The Hall–Kier alpha value is -2.29. The van der Waals surface area contributed by atoms with Crippen molar-refractivity contribution in [3.8, 4) is 5.75 Å². The van der Waals surface area contributed by atoms with Crippen molar-refractivity contribution in [2.45, 2.75) is 39.7 Å². The number of aromatic nitrogens is 1. The molecular formula is C29H38Cl2N4O3. The number of carboxylic acids is 1. The zero-order valence-electron chi connectivity index (χ0n) is 22.3. The minimum atomic E-state index is -0.913. The van der Waals surface area contributed by atoms with Gasteiger partial charge in [0.05, 0.1) is 12.1 Å². The highest BCUT2D eigenvalue weighted by Crippen LogP contribution is 2.31. The third kappa shape index (κ3) is 6.82. The van der Waals surface area contributed by atoms with Gasteiger partial charge < -0.3 is 25.0 Å². The van der Waals surface area contributed by atoms with E-state index in [1.165, 1.54) is 0 Å². The number of carbonyl (C=O) groups is 1. The Labute approximate surface area is 235 Å². The number of nitrogens with zero attached hydrogens (tertiary/aromatic N) is 3. The van der Waals surface area contributed by atoms with Crippen LogP contribution < -0.4 is 10.5 Å². The summed E-state index contributed by atoms with van der Waals surface area (Å²) in [6.45, 7) is 11.5. The fourth-order valence-electron chi connectivity index (χ4n) is 5.35. The van der Waals surface area contributed by atoms with Crippen LogP contribution in [0.25, 0.3) is 10.9 Å². The highest BCUT2D eigenvalue weighted by atomic mass is 35.5. The molecular weight excluding hydrogens is 523 g/mol. The van der Waals surface area contributed by atoms with Gasteiger partial charge in [-0.2, -0.15) is 0 Å². The zero-order chi connectivity index (χ0) is 27.2. The number of aryl methyl sites for hydroxylation is 3. The van der Waals surface area contributed by atoms with E-state index in [1.54, 1.807) is 0 Å². The Morgan fingerprint density at radius 3 is 2.26 bits per heavy atom. The summed E-state index contributed by atoms with van der Waals surface area (Å²) in [5.74, 6) is -0.135. The van der Waals surface area contributed by atoms with E-state index in [9.17, 15) is 9.90 Å². The molecule has 0 atom stereocenters. The van der Waals surface area contributed by atoms with Gasteiger partial charge in [-0.15, -0.1) is 0 Å². The Morgan fingerprint density at radius 2 is 1.63 bits per heavy atom. The SMILES string of the molecule is Cc1cc(OCCCc2c(C(=O)O)n(CCN3CCN(CCCN)CC3)c3cc(Cl)ccc23)cc(C)c1Cl. The van der Waals surface area contributed by atoms with Gasteiger partial charge in [-0.1, -0.05) is 29.3 Å². The molecule has 0 unspecified atom stereocenters. The number of halogens is 2. The number of carboxylic acid groups (broad SMARTS) is 1. The van der Waals surface area contributed by atoms with Crippen LogP contribution in [0.5, 0.6) is 5.75 Å². The van der Waals surface area contributed by atoms with E-state index in [2.05, 4.69) is 9.80 Å². The lowest BCUT2D eigenvalue weighted by Gasteiger charge is -2.34. The van der Waals surface area contributed by atoms with Gasteiger partial charge in [0.15, 0.2) is 0 Å². The molecule has 206 valence electrons. The highest BCUT2D eigenvalue weighted by molar-refractivity contribution is 6.32. The first kappa shape index (κ1) is 28.7. The Morgan fingerprint density at radius 1 is 0.974 bits per heavy atom. The average molecular weight is 562 g/mol. The minimum absolute atomic E-state index is 0.349. The van der Waals surface area contributed by atoms with Crippen LogP contribution in [0.1, 0.15) is 40.0 Å². The molecule has 0 radical (unpaired) electrons. The molecule has 1 saturated heterocycles. The summed E-state index contributed by atoms with van der Waals surface area (Å²) in [4.78, 5) is 17.4. The number of rotatable bonds is 12. The number of nitrogens with two attached hydrogens (primary N) is 1. The lowest BCUT2D eigenvalue weighted by Crippen LogP contribution is -2.47. The van der Waals surface area contributed by atoms with Crippen LogP contribution in [-0.2, 0) is 13.0 Å². The van der Waals surface area contributed by atoms with Crippen LogP contribution in [0.15, 0.2) is 30.3 Å². The smallest absolute Gasteiger partial charge is 0.352 e. The van der Waals surface area contributed by atoms with Crippen molar-refractivity contribution < 1.29 is 14.6 Å². The molecule has 1 aliphatic rings. The van der Waals surface area contributed by atoms with E-state index in [0.29, 0.717) is 36.7 Å². The molecule has 3 N–H and O–H groups in total. The van der Waals surface area contributed by atoms with Gasteiger partial charge in [0, 0.05) is 54.7 Å². The fourth-order valence-corrected chi connectivity index (χ4v) is 5.62. The number of hydrogen-bond acceptors (Lipinski definition) is 5. The van der Waals surface area contributed by atoms with Crippen LogP contribution in [0, 0.1) is 13.8 Å². The largest absolute Gasteiger partial charge is 0.494 e. The quantitative estimate of drug-likeness (QED) is 0.294. The van der Waals surface area contributed by atoms with E-state index < -0.39 is 5.97 Å². The molecule has 0 saturated carbocycles. The summed E-state index contributed by atoms with van der Waals surface area (Å²) in [6.07, 6.45) is 2.30. The predicted octanol–water partition coefficient (Wildman–Crippen LogP) is 5.24. The van der Waals surface area contributed by atoms with Crippen LogP contribution in [0.2, 0.25) is 10.0 Å². The van der Waals surface area contributed by atoms with Gasteiger partial charge in [0.1, 0.15) is 11.4 Å². The first-order valence-corrected chi connectivity index (χ1v) is 14.1. The second kappa shape index (κ2) is 13.2. The lowest BCUT2D eigenvalue weighted by molar-refractivity contribution is 0.0682. The normalized spacial score (nSPS) is 14.9. The van der Waals surface area contributed by atoms with Crippen molar-refractivity contribution in [3.05, 3.63) is 62.8 Å². The third-order valence-electron chi connectivity index (χ3n) is 7.37. The van der Waals surface area contributed by atoms with Gasteiger partial charge in [-0.3, -0.25) is 4.90 Å². The molecule has 4 rings (SSSR count). The van der Waals surface area contributed by atoms with E-state index in [0.717, 1.165) is 90.6 Å². The predicted molar refractivity (Wildman–Crippen MR) is 155 cm³/mol. The van der Waals surface area contributed by atoms with Crippen molar-refractivity contribution in [1.29, 1.82) is 0 Å². The maximum Gasteiger partial charge on any atom is 0.352 e. The summed E-state index contributed by atoms with van der Waals surface area (Å²) in [5.41, 5.74) is 9.67. The number of aromatic carboxylic acids is 1. The van der Waals surface area contributed by atoms with Crippen molar-refractivity contribution in [1.82, 2.24) is 14.4 Å². The first-order valence-electron chi connectivity index (χ1n) is 13.4. The molecule has 1 aliphatic heterocycles. The highest BCUT2D eigenvalue weighted by Gasteiger charge is 2.24. The maximum absolute atomic E-state index is 12.5. The van der Waals surface area contributed by atoms with Crippen LogP contribution in [0.4, 0.5) is 0 Å². The molecule has 1 aromatic heterocycles. The molecule has 0 amide bonds. The summed E-state index contributed by atoms with van der Waals surface area (Å²) in [7, 11) is 0. The summed E-state index contributed by atoms with van der Waals surface area (Å²) in [5, 5.41) is 12.6. The number of hydrogen-bond donors (Lipinski definition) is 2. The molecule has 7 nitrogen and oxygen atoms in total. The number of ether oxygens (including phenoxy) is 1. The molecule has 3 aromatic rings. The van der Waals surface area contributed by atoms with E-state index in [4.69, 9.17) is 33.7 Å². The first-order chi connectivity index (χ1) is 18.3. The number of piperazine rings is 1.